The molecule has 1 fully saturated rings. The van der Waals surface area contributed by atoms with Crippen LogP contribution in [-0.2, 0) is 10.0 Å². The van der Waals surface area contributed by atoms with Crippen LogP contribution in [0.2, 0.25) is 5.02 Å². The van der Waals surface area contributed by atoms with Gasteiger partial charge in [0.15, 0.2) is 0 Å². The quantitative estimate of drug-likeness (QED) is 0.809. The van der Waals surface area contributed by atoms with Gasteiger partial charge < -0.3 is 10.8 Å². The minimum Gasteiger partial charge on any atom is -0.398 e. The van der Waals surface area contributed by atoms with E-state index in [9.17, 15) is 13.5 Å². The Bertz CT molecular complexity index is 589. The second-order valence-corrected chi connectivity index (χ2v) is 7.11. The number of halogens is 1. The smallest absolute Gasteiger partial charge is 0.244 e. The molecule has 7 heteroatoms. The minimum atomic E-state index is -3.70. The van der Waals surface area contributed by atoms with Gasteiger partial charge >= 0.3 is 0 Å². The number of nitrogen functional groups attached to an aromatic ring is 1. The maximum Gasteiger partial charge on any atom is 0.244 e. The lowest BCUT2D eigenvalue weighted by Gasteiger charge is -2.29. The molecular weight excluding hydrogens is 288 g/mol. The topological polar surface area (TPSA) is 83.6 Å². The van der Waals surface area contributed by atoms with Gasteiger partial charge in [0.1, 0.15) is 4.90 Å². The maximum atomic E-state index is 12.5. The molecule has 1 atom stereocenters. The highest BCUT2D eigenvalue weighted by Gasteiger charge is 2.31. The second-order valence-electron chi connectivity index (χ2n) is 4.80. The van der Waals surface area contributed by atoms with Crippen molar-refractivity contribution in [3.63, 3.8) is 0 Å². The zero-order valence-corrected chi connectivity index (χ0v) is 12.2. The summed E-state index contributed by atoms with van der Waals surface area (Å²) >= 11 is 6.02. The number of aliphatic hydroxyl groups is 1. The van der Waals surface area contributed by atoms with Crippen molar-refractivity contribution < 1.29 is 13.5 Å². The fourth-order valence-electron chi connectivity index (χ4n) is 2.14. The SMILES string of the molecule is Cc1cc(Cl)c(S(=O)(=O)N2CCC[C@H](O)C2)cc1N. The number of hydrogen-bond donors (Lipinski definition) is 2. The van der Waals surface area contributed by atoms with Crippen molar-refractivity contribution in [2.24, 2.45) is 0 Å². The van der Waals surface area contributed by atoms with Crippen molar-refractivity contribution >= 4 is 27.3 Å². The number of β-amino-alcohol motifs (C(OH)–C–C–N with tert-alkyl or cyclic N) is 1. The molecule has 0 unspecified atom stereocenters. The number of nitrogens with zero attached hydrogens (tertiary/aromatic N) is 1. The third kappa shape index (κ3) is 2.86. The number of rotatable bonds is 2. The standard InChI is InChI=1S/C12H17ClN2O3S/c1-8-5-10(13)12(6-11(8)14)19(17,18)15-4-2-3-9(16)7-15/h5-6,9,16H,2-4,7,14H2,1H3/t9-/m0/s1. The summed E-state index contributed by atoms with van der Waals surface area (Å²) in [5.74, 6) is 0. The Labute approximate surface area is 118 Å². The van der Waals surface area contributed by atoms with Crippen LogP contribution in [-0.4, -0.2) is 37.0 Å². The molecule has 0 amide bonds. The molecule has 1 heterocycles. The lowest BCUT2D eigenvalue weighted by molar-refractivity contribution is 0.108. The molecule has 0 radical (unpaired) electrons. The van der Waals surface area contributed by atoms with Gasteiger partial charge in [0.05, 0.1) is 11.1 Å². The highest BCUT2D eigenvalue weighted by Crippen LogP contribution is 2.30. The van der Waals surface area contributed by atoms with Gasteiger partial charge in [-0.25, -0.2) is 8.42 Å². The van der Waals surface area contributed by atoms with Gasteiger partial charge in [-0.05, 0) is 37.5 Å². The Morgan fingerprint density at radius 1 is 1.47 bits per heavy atom. The molecule has 3 N–H and O–H groups in total. The number of aliphatic hydroxyl groups excluding tert-OH is 1. The first kappa shape index (κ1) is 14.6. The number of anilines is 1. The van der Waals surface area contributed by atoms with E-state index in [1.54, 1.807) is 13.0 Å². The fraction of sp³-hybridized carbons (Fsp3) is 0.500. The molecule has 0 spiro atoms. The molecule has 1 saturated heterocycles. The van der Waals surface area contributed by atoms with Crippen molar-refractivity contribution in [3.8, 4) is 0 Å². The molecule has 1 aliphatic rings. The number of piperidine rings is 1. The first-order valence-corrected chi connectivity index (χ1v) is 7.88. The predicted octanol–water partition coefficient (Wildman–Crippen LogP) is 1.38. The summed E-state index contributed by atoms with van der Waals surface area (Å²) in [5, 5.41) is 9.75. The first-order valence-electron chi connectivity index (χ1n) is 6.06. The molecule has 5 nitrogen and oxygen atoms in total. The summed E-state index contributed by atoms with van der Waals surface area (Å²) in [6, 6.07) is 2.93. The first-order chi connectivity index (χ1) is 8.82. The zero-order chi connectivity index (χ0) is 14.2. The van der Waals surface area contributed by atoms with Crippen LogP contribution in [0, 0.1) is 6.92 Å². The van der Waals surface area contributed by atoms with Crippen molar-refractivity contribution in [2.75, 3.05) is 18.8 Å². The van der Waals surface area contributed by atoms with E-state index in [2.05, 4.69) is 0 Å². The Kier molecular flexibility index (Phi) is 4.06. The summed E-state index contributed by atoms with van der Waals surface area (Å²) in [5.41, 5.74) is 6.88. The van der Waals surface area contributed by atoms with Crippen LogP contribution in [0.5, 0.6) is 0 Å². The summed E-state index contributed by atoms with van der Waals surface area (Å²) in [6.45, 7) is 2.26. The van der Waals surface area contributed by atoms with E-state index >= 15 is 0 Å². The van der Waals surface area contributed by atoms with Crippen LogP contribution >= 0.6 is 11.6 Å². The van der Waals surface area contributed by atoms with Gasteiger partial charge in [0, 0.05) is 18.8 Å². The van der Waals surface area contributed by atoms with Gasteiger partial charge in [-0.3, -0.25) is 0 Å². The fourth-order valence-corrected chi connectivity index (χ4v) is 4.25. The Morgan fingerprint density at radius 2 is 2.16 bits per heavy atom. The highest BCUT2D eigenvalue weighted by molar-refractivity contribution is 7.89. The van der Waals surface area contributed by atoms with E-state index < -0.39 is 16.1 Å². The van der Waals surface area contributed by atoms with Gasteiger partial charge in [-0.2, -0.15) is 4.31 Å². The van der Waals surface area contributed by atoms with E-state index in [1.165, 1.54) is 10.4 Å². The summed E-state index contributed by atoms with van der Waals surface area (Å²) in [4.78, 5) is 0.00590. The van der Waals surface area contributed by atoms with Gasteiger partial charge in [0.25, 0.3) is 0 Å². The summed E-state index contributed by atoms with van der Waals surface area (Å²) in [6.07, 6.45) is 0.639. The van der Waals surface area contributed by atoms with Gasteiger partial charge in [-0.1, -0.05) is 11.6 Å². The third-order valence-corrected chi connectivity index (χ3v) is 5.63. The monoisotopic (exact) mass is 304 g/mol. The minimum absolute atomic E-state index is 0.00590. The van der Waals surface area contributed by atoms with Gasteiger partial charge in [-0.15, -0.1) is 0 Å². The average Bonchev–Trinajstić information content (AvgIpc) is 2.33. The van der Waals surface area contributed by atoms with Crippen LogP contribution in [0.1, 0.15) is 18.4 Å². The molecular formula is C12H17ClN2O3S. The van der Waals surface area contributed by atoms with Crippen LogP contribution in [0.4, 0.5) is 5.69 Å². The maximum absolute atomic E-state index is 12.5. The van der Waals surface area contributed by atoms with E-state index in [0.717, 1.165) is 5.56 Å². The second kappa shape index (κ2) is 5.28. The van der Waals surface area contributed by atoms with Crippen molar-refractivity contribution in [1.82, 2.24) is 4.31 Å². The molecule has 106 valence electrons. The molecule has 1 aromatic rings. The molecule has 0 aromatic heterocycles. The normalized spacial score (nSPS) is 21.5. The largest absolute Gasteiger partial charge is 0.398 e. The number of aryl methyl sites for hydroxylation is 1. The number of sulfonamides is 1. The lowest BCUT2D eigenvalue weighted by atomic mass is 10.1. The predicted molar refractivity (Wildman–Crippen MR) is 74.6 cm³/mol. The summed E-state index contributed by atoms with van der Waals surface area (Å²) in [7, 11) is -3.70. The molecule has 2 rings (SSSR count). The van der Waals surface area contributed by atoms with E-state index in [-0.39, 0.29) is 16.5 Å². The molecule has 1 aliphatic heterocycles. The Hall–Kier alpha value is -0.820. The van der Waals surface area contributed by atoms with E-state index in [1.807, 2.05) is 0 Å². The van der Waals surface area contributed by atoms with Gasteiger partial charge in [0.2, 0.25) is 10.0 Å². The van der Waals surface area contributed by atoms with Crippen LogP contribution in [0.25, 0.3) is 0 Å². The molecule has 1 aromatic carbocycles. The van der Waals surface area contributed by atoms with Crippen LogP contribution in [0.3, 0.4) is 0 Å². The van der Waals surface area contributed by atoms with Crippen LogP contribution < -0.4 is 5.73 Å². The highest BCUT2D eigenvalue weighted by atomic mass is 35.5. The van der Waals surface area contributed by atoms with E-state index in [0.29, 0.717) is 25.1 Å². The molecule has 0 bridgehead atoms. The van der Waals surface area contributed by atoms with Crippen molar-refractivity contribution in [1.29, 1.82) is 0 Å². The van der Waals surface area contributed by atoms with Crippen LogP contribution in [0.15, 0.2) is 17.0 Å². The number of hydrogen-bond acceptors (Lipinski definition) is 4. The number of nitrogens with two attached hydrogens (primary N) is 1. The van der Waals surface area contributed by atoms with Crippen molar-refractivity contribution in [3.05, 3.63) is 22.7 Å². The average molecular weight is 305 g/mol. The van der Waals surface area contributed by atoms with E-state index in [4.69, 9.17) is 17.3 Å². The molecule has 19 heavy (non-hydrogen) atoms. The molecule has 0 aliphatic carbocycles. The lowest BCUT2D eigenvalue weighted by Crippen LogP contribution is -2.42. The zero-order valence-electron chi connectivity index (χ0n) is 10.6. The Balaban J connectivity index is 2.42. The number of benzene rings is 1. The summed E-state index contributed by atoms with van der Waals surface area (Å²) < 4.78 is 26.2. The van der Waals surface area contributed by atoms with Crippen molar-refractivity contribution in [2.45, 2.75) is 30.8 Å². The Morgan fingerprint density at radius 3 is 2.79 bits per heavy atom. The molecule has 0 saturated carbocycles. The third-order valence-electron chi connectivity index (χ3n) is 3.30.